The minimum absolute atomic E-state index is 0.0731. The van der Waals surface area contributed by atoms with Gasteiger partial charge in [-0.1, -0.05) is 29.8 Å². The summed E-state index contributed by atoms with van der Waals surface area (Å²) < 4.78 is 0. The fourth-order valence-electron chi connectivity index (χ4n) is 2.22. The molecule has 2 amide bonds. The van der Waals surface area contributed by atoms with E-state index in [-0.39, 0.29) is 18.7 Å². The van der Waals surface area contributed by atoms with Crippen LogP contribution in [0.2, 0.25) is 0 Å². The number of benzene rings is 1. The highest BCUT2D eigenvalue weighted by molar-refractivity contribution is 7.15. The second-order valence-electron chi connectivity index (χ2n) is 5.53. The topological polar surface area (TPSA) is 74.2 Å². The molecule has 23 heavy (non-hydrogen) atoms. The lowest BCUT2D eigenvalue weighted by molar-refractivity contribution is 0.235. The van der Waals surface area contributed by atoms with Crippen molar-refractivity contribution in [2.45, 2.75) is 33.2 Å². The highest BCUT2D eigenvalue weighted by atomic mass is 32.1. The van der Waals surface area contributed by atoms with Crippen LogP contribution in [-0.4, -0.2) is 29.3 Å². The van der Waals surface area contributed by atoms with E-state index in [1.807, 2.05) is 13.8 Å². The predicted molar refractivity (Wildman–Crippen MR) is 93.7 cm³/mol. The third-order valence-corrected chi connectivity index (χ3v) is 4.88. The molecule has 5 nitrogen and oxygen atoms in total. The number of carbonyl (C=O) groups excluding carboxylic acids is 1. The molecule has 3 N–H and O–H groups in total. The standard InChI is InChI=1S/C17H23N3O2S/c1-11-5-7-14(8-6-11)16-19-12(2)15(23-16)13(3)20-17(22)18-9-4-10-21/h5-8,13,21H,4,9-10H2,1-3H3,(H2,18,20,22). The Kier molecular flexibility index (Phi) is 6.12. The summed E-state index contributed by atoms with van der Waals surface area (Å²) in [4.78, 5) is 17.5. The molecule has 124 valence electrons. The highest BCUT2D eigenvalue weighted by Crippen LogP contribution is 2.31. The van der Waals surface area contributed by atoms with Crippen LogP contribution in [0.25, 0.3) is 10.6 Å². The van der Waals surface area contributed by atoms with E-state index in [2.05, 4.69) is 46.8 Å². The van der Waals surface area contributed by atoms with Crippen molar-refractivity contribution >= 4 is 17.4 Å². The molecule has 0 fully saturated rings. The number of hydrogen-bond donors (Lipinski definition) is 3. The number of urea groups is 1. The molecule has 2 aromatic rings. The Morgan fingerprint density at radius 1 is 1.30 bits per heavy atom. The molecule has 0 saturated heterocycles. The number of nitrogens with zero attached hydrogens (tertiary/aromatic N) is 1. The number of aromatic nitrogens is 1. The van der Waals surface area contributed by atoms with Crippen LogP contribution in [0.15, 0.2) is 24.3 Å². The molecule has 0 aliphatic heterocycles. The van der Waals surface area contributed by atoms with Crippen LogP contribution in [-0.2, 0) is 0 Å². The number of thiazole rings is 1. The molecule has 0 aliphatic carbocycles. The van der Waals surface area contributed by atoms with Gasteiger partial charge < -0.3 is 15.7 Å². The lowest BCUT2D eigenvalue weighted by Gasteiger charge is -2.13. The van der Waals surface area contributed by atoms with Crippen LogP contribution in [0.5, 0.6) is 0 Å². The fourth-order valence-corrected chi connectivity index (χ4v) is 3.30. The summed E-state index contributed by atoms with van der Waals surface area (Å²) in [6, 6.07) is 7.94. The second kappa shape index (κ2) is 8.08. The number of nitrogens with one attached hydrogen (secondary N) is 2. The van der Waals surface area contributed by atoms with E-state index in [1.54, 1.807) is 11.3 Å². The second-order valence-corrected chi connectivity index (χ2v) is 6.56. The average molecular weight is 333 g/mol. The van der Waals surface area contributed by atoms with E-state index in [9.17, 15) is 4.79 Å². The number of carbonyl (C=O) groups is 1. The first-order chi connectivity index (χ1) is 11.0. The van der Waals surface area contributed by atoms with Crippen LogP contribution in [0.1, 0.15) is 35.5 Å². The van der Waals surface area contributed by atoms with Crippen molar-refractivity contribution in [2.75, 3.05) is 13.2 Å². The SMILES string of the molecule is Cc1ccc(-c2nc(C)c(C(C)NC(=O)NCCCO)s2)cc1. The zero-order valence-corrected chi connectivity index (χ0v) is 14.5. The quantitative estimate of drug-likeness (QED) is 0.711. The Morgan fingerprint density at radius 3 is 2.65 bits per heavy atom. The van der Waals surface area contributed by atoms with Crippen LogP contribution < -0.4 is 10.6 Å². The molecule has 1 unspecified atom stereocenters. The smallest absolute Gasteiger partial charge is 0.315 e. The average Bonchev–Trinajstić information content (AvgIpc) is 2.90. The van der Waals surface area contributed by atoms with Gasteiger partial charge >= 0.3 is 6.03 Å². The normalized spacial score (nSPS) is 12.0. The number of aliphatic hydroxyl groups is 1. The summed E-state index contributed by atoms with van der Waals surface area (Å²) in [5.41, 5.74) is 3.25. The molecular formula is C17H23N3O2S. The van der Waals surface area contributed by atoms with Crippen LogP contribution in [0, 0.1) is 13.8 Å². The van der Waals surface area contributed by atoms with Gasteiger partial charge in [0.05, 0.1) is 16.6 Å². The fraction of sp³-hybridized carbons (Fsp3) is 0.412. The van der Waals surface area contributed by atoms with E-state index >= 15 is 0 Å². The minimum Gasteiger partial charge on any atom is -0.396 e. The summed E-state index contributed by atoms with van der Waals surface area (Å²) >= 11 is 1.60. The summed E-state index contributed by atoms with van der Waals surface area (Å²) in [5, 5.41) is 15.3. The molecule has 0 aliphatic rings. The van der Waals surface area contributed by atoms with E-state index in [4.69, 9.17) is 5.11 Å². The predicted octanol–water partition coefficient (Wildman–Crippen LogP) is 3.17. The molecule has 0 bridgehead atoms. The summed E-state index contributed by atoms with van der Waals surface area (Å²) in [6.45, 7) is 6.51. The van der Waals surface area contributed by atoms with Crippen molar-refractivity contribution in [3.05, 3.63) is 40.4 Å². The third-order valence-electron chi connectivity index (χ3n) is 3.49. The number of rotatable bonds is 6. The Bertz CT molecular complexity index is 652. The van der Waals surface area contributed by atoms with Gasteiger partial charge in [0, 0.05) is 18.7 Å². The van der Waals surface area contributed by atoms with Gasteiger partial charge in [0.2, 0.25) is 0 Å². The largest absolute Gasteiger partial charge is 0.396 e. The zero-order chi connectivity index (χ0) is 16.8. The van der Waals surface area contributed by atoms with E-state index in [0.717, 1.165) is 21.1 Å². The number of aliphatic hydroxyl groups excluding tert-OH is 1. The van der Waals surface area contributed by atoms with E-state index in [1.165, 1.54) is 5.56 Å². The lowest BCUT2D eigenvalue weighted by atomic mass is 10.2. The Labute approximate surface area is 140 Å². The van der Waals surface area contributed by atoms with Crippen molar-refractivity contribution in [3.63, 3.8) is 0 Å². The van der Waals surface area contributed by atoms with Crippen LogP contribution in [0.4, 0.5) is 4.79 Å². The number of aryl methyl sites for hydroxylation is 2. The Balaban J connectivity index is 2.05. The molecule has 1 aromatic carbocycles. The molecule has 0 radical (unpaired) electrons. The molecule has 1 atom stereocenters. The van der Waals surface area contributed by atoms with E-state index < -0.39 is 0 Å². The molecule has 2 rings (SSSR count). The van der Waals surface area contributed by atoms with Gasteiger partial charge in [-0.15, -0.1) is 11.3 Å². The maximum Gasteiger partial charge on any atom is 0.315 e. The Hall–Kier alpha value is -1.92. The van der Waals surface area contributed by atoms with Crippen LogP contribution >= 0.6 is 11.3 Å². The number of amides is 2. The molecule has 6 heteroatoms. The van der Waals surface area contributed by atoms with Crippen molar-refractivity contribution in [2.24, 2.45) is 0 Å². The van der Waals surface area contributed by atoms with Crippen LogP contribution in [0.3, 0.4) is 0 Å². The van der Waals surface area contributed by atoms with E-state index in [0.29, 0.717) is 13.0 Å². The van der Waals surface area contributed by atoms with Crippen molar-refractivity contribution in [1.82, 2.24) is 15.6 Å². The minimum atomic E-state index is -0.226. The third kappa shape index (κ3) is 4.77. The number of hydrogen-bond acceptors (Lipinski definition) is 4. The highest BCUT2D eigenvalue weighted by Gasteiger charge is 2.17. The molecule has 1 aromatic heterocycles. The van der Waals surface area contributed by atoms with Crippen molar-refractivity contribution in [3.8, 4) is 10.6 Å². The summed E-state index contributed by atoms with van der Waals surface area (Å²) in [7, 11) is 0. The summed E-state index contributed by atoms with van der Waals surface area (Å²) in [5.74, 6) is 0. The van der Waals surface area contributed by atoms with Gasteiger partial charge in [0.1, 0.15) is 5.01 Å². The van der Waals surface area contributed by atoms with Gasteiger partial charge in [0.15, 0.2) is 0 Å². The molecule has 0 spiro atoms. The lowest BCUT2D eigenvalue weighted by Crippen LogP contribution is -2.37. The zero-order valence-electron chi connectivity index (χ0n) is 13.7. The van der Waals surface area contributed by atoms with Crippen molar-refractivity contribution in [1.29, 1.82) is 0 Å². The maximum absolute atomic E-state index is 11.8. The van der Waals surface area contributed by atoms with Gasteiger partial charge in [-0.25, -0.2) is 9.78 Å². The van der Waals surface area contributed by atoms with Gasteiger partial charge in [0.25, 0.3) is 0 Å². The van der Waals surface area contributed by atoms with Crippen molar-refractivity contribution < 1.29 is 9.90 Å². The first kappa shape index (κ1) is 17.4. The monoisotopic (exact) mass is 333 g/mol. The molecular weight excluding hydrogens is 310 g/mol. The van der Waals surface area contributed by atoms with Gasteiger partial charge in [-0.05, 0) is 27.2 Å². The summed E-state index contributed by atoms with van der Waals surface area (Å²) in [6.07, 6.45) is 0.555. The molecule has 0 saturated carbocycles. The first-order valence-electron chi connectivity index (χ1n) is 7.71. The maximum atomic E-state index is 11.8. The Morgan fingerprint density at radius 2 is 2.00 bits per heavy atom. The van der Waals surface area contributed by atoms with Gasteiger partial charge in [-0.2, -0.15) is 0 Å². The van der Waals surface area contributed by atoms with Gasteiger partial charge in [-0.3, -0.25) is 0 Å². The molecule has 1 heterocycles. The first-order valence-corrected chi connectivity index (χ1v) is 8.52.